The summed E-state index contributed by atoms with van der Waals surface area (Å²) in [5, 5.41) is 9.68. The number of carbonyl (C=O) groups is 1. The van der Waals surface area contributed by atoms with E-state index < -0.39 is 23.5 Å². The maximum Gasteiger partial charge on any atom is 0.412 e. The Kier molecular flexibility index (Phi) is 5.01. The van der Waals surface area contributed by atoms with E-state index in [0.717, 1.165) is 5.56 Å². The van der Waals surface area contributed by atoms with Crippen molar-refractivity contribution < 1.29 is 19.4 Å². The minimum Gasteiger partial charge on any atom is -0.444 e. The molecule has 2 atom stereocenters. The summed E-state index contributed by atoms with van der Waals surface area (Å²) in [4.78, 5) is 14.3. The monoisotopic (exact) mass is 321 g/mol. The number of benzene rings is 1. The van der Waals surface area contributed by atoms with Crippen molar-refractivity contribution in [3.05, 3.63) is 35.9 Å². The van der Waals surface area contributed by atoms with E-state index in [2.05, 4.69) is 0 Å². The average Bonchev–Trinajstić information content (AvgIpc) is 2.68. The predicted molar refractivity (Wildman–Crippen MR) is 88.0 cm³/mol. The summed E-state index contributed by atoms with van der Waals surface area (Å²) in [5.74, 6) is 0. The van der Waals surface area contributed by atoms with E-state index >= 15 is 0 Å². The van der Waals surface area contributed by atoms with Crippen LogP contribution in [0.25, 0.3) is 0 Å². The van der Waals surface area contributed by atoms with Crippen molar-refractivity contribution in [1.29, 1.82) is 0 Å². The molecule has 0 spiro atoms. The molecule has 5 nitrogen and oxygen atoms in total. The van der Waals surface area contributed by atoms with Crippen molar-refractivity contribution in [3.8, 4) is 0 Å². The molecule has 0 radical (unpaired) electrons. The summed E-state index contributed by atoms with van der Waals surface area (Å²) in [5.41, 5.74) is -0.317. The van der Waals surface area contributed by atoms with Crippen LogP contribution in [-0.2, 0) is 15.9 Å². The van der Waals surface area contributed by atoms with Crippen LogP contribution in [0.2, 0.25) is 0 Å². The fraction of sp³-hybridized carbons (Fsp3) is 0.611. The molecule has 1 aliphatic heterocycles. The van der Waals surface area contributed by atoms with Crippen LogP contribution in [0.15, 0.2) is 30.3 Å². The molecule has 1 fully saturated rings. The number of ether oxygens (including phenoxy) is 2. The van der Waals surface area contributed by atoms with Crippen molar-refractivity contribution in [2.75, 3.05) is 6.61 Å². The largest absolute Gasteiger partial charge is 0.444 e. The second-order valence-electron chi connectivity index (χ2n) is 7.39. The minimum atomic E-state index is -0.824. The van der Waals surface area contributed by atoms with Gasteiger partial charge in [0.05, 0.1) is 12.6 Å². The molecule has 0 bridgehead atoms. The summed E-state index contributed by atoms with van der Waals surface area (Å²) >= 11 is 0. The van der Waals surface area contributed by atoms with Gasteiger partial charge in [-0.25, -0.2) is 4.79 Å². The molecule has 2 rings (SSSR count). The number of hydrogen-bond donors (Lipinski definition) is 1. The van der Waals surface area contributed by atoms with Gasteiger partial charge in [0.15, 0.2) is 0 Å². The summed E-state index contributed by atoms with van der Waals surface area (Å²) in [6.07, 6.45) is -0.244. The predicted octanol–water partition coefficient (Wildman–Crippen LogP) is 2.96. The Bertz CT molecular complexity index is 536. The van der Waals surface area contributed by atoms with Crippen LogP contribution in [0.4, 0.5) is 4.79 Å². The van der Waals surface area contributed by atoms with E-state index in [9.17, 15) is 9.90 Å². The van der Waals surface area contributed by atoms with Crippen LogP contribution in [0.1, 0.15) is 40.2 Å². The van der Waals surface area contributed by atoms with Crippen molar-refractivity contribution in [2.45, 2.75) is 64.5 Å². The van der Waals surface area contributed by atoms with Gasteiger partial charge in [-0.1, -0.05) is 30.3 Å². The normalized spacial score (nSPS) is 23.8. The first-order valence-electron chi connectivity index (χ1n) is 7.99. The Morgan fingerprint density at radius 2 is 1.91 bits per heavy atom. The smallest absolute Gasteiger partial charge is 0.412 e. The Morgan fingerprint density at radius 3 is 2.43 bits per heavy atom. The molecule has 1 N–H and O–H groups in total. The highest BCUT2D eigenvalue weighted by Crippen LogP contribution is 2.35. The summed E-state index contributed by atoms with van der Waals surface area (Å²) in [6.45, 7) is 9.02. The van der Waals surface area contributed by atoms with E-state index in [0.29, 0.717) is 6.42 Å². The van der Waals surface area contributed by atoms with Crippen molar-refractivity contribution in [1.82, 2.24) is 4.90 Å². The maximum atomic E-state index is 12.7. The molecule has 0 saturated carbocycles. The number of rotatable bonds is 3. The van der Waals surface area contributed by atoms with Crippen LogP contribution in [0.5, 0.6) is 0 Å². The molecule has 1 saturated heterocycles. The molecule has 1 aromatic rings. The lowest BCUT2D eigenvalue weighted by Crippen LogP contribution is -2.51. The van der Waals surface area contributed by atoms with Gasteiger partial charge in [0.25, 0.3) is 0 Å². The zero-order chi connectivity index (χ0) is 17.3. The summed E-state index contributed by atoms with van der Waals surface area (Å²) in [7, 11) is 0. The Labute approximate surface area is 138 Å². The first-order chi connectivity index (χ1) is 10.6. The highest BCUT2D eigenvalue weighted by molar-refractivity contribution is 5.70. The summed E-state index contributed by atoms with van der Waals surface area (Å²) in [6, 6.07) is 9.62. The van der Waals surface area contributed by atoms with E-state index in [4.69, 9.17) is 9.47 Å². The lowest BCUT2D eigenvalue weighted by molar-refractivity contribution is -0.0866. The van der Waals surface area contributed by atoms with Gasteiger partial charge >= 0.3 is 6.09 Å². The number of aliphatic hydroxyl groups is 1. The molecule has 1 aromatic carbocycles. The zero-order valence-corrected chi connectivity index (χ0v) is 14.6. The van der Waals surface area contributed by atoms with Gasteiger partial charge < -0.3 is 14.6 Å². The molecule has 5 heteroatoms. The van der Waals surface area contributed by atoms with Gasteiger partial charge in [0.1, 0.15) is 17.4 Å². The number of hydrogen-bond acceptors (Lipinski definition) is 4. The van der Waals surface area contributed by atoms with Gasteiger partial charge in [-0.15, -0.1) is 0 Å². The Morgan fingerprint density at radius 1 is 1.30 bits per heavy atom. The second kappa shape index (κ2) is 6.49. The molecule has 1 amide bonds. The first kappa shape index (κ1) is 17.8. The van der Waals surface area contributed by atoms with E-state index in [1.165, 1.54) is 0 Å². The number of carbonyl (C=O) groups excluding carboxylic acids is 1. The van der Waals surface area contributed by atoms with Crippen LogP contribution in [0.3, 0.4) is 0 Å². The molecular formula is C18H27NO4. The molecular weight excluding hydrogens is 294 g/mol. The van der Waals surface area contributed by atoms with Gasteiger partial charge in [0.2, 0.25) is 0 Å². The van der Waals surface area contributed by atoms with Crippen molar-refractivity contribution >= 4 is 6.09 Å². The molecule has 1 heterocycles. The standard InChI is InChI=1S/C18H27NO4/c1-17(2,3)23-16(21)19-14(11-13-9-7-6-8-10-13)15(12-20)22-18(19,4)5/h6-10,14-15,20H,11-12H2,1-5H3. The third kappa shape index (κ3) is 4.24. The quantitative estimate of drug-likeness (QED) is 0.930. The van der Waals surface area contributed by atoms with E-state index in [-0.39, 0.29) is 12.6 Å². The number of aliphatic hydroxyl groups excluding tert-OH is 1. The lowest BCUT2D eigenvalue weighted by Gasteiger charge is -2.35. The average molecular weight is 321 g/mol. The fourth-order valence-corrected chi connectivity index (χ4v) is 2.97. The molecule has 128 valence electrons. The maximum absolute atomic E-state index is 12.7. The van der Waals surface area contributed by atoms with Crippen LogP contribution >= 0.6 is 0 Å². The molecule has 2 unspecified atom stereocenters. The lowest BCUT2D eigenvalue weighted by atomic mass is 10.0. The molecule has 1 aliphatic rings. The van der Waals surface area contributed by atoms with Gasteiger partial charge in [-0.3, -0.25) is 4.90 Å². The van der Waals surface area contributed by atoms with Crippen LogP contribution < -0.4 is 0 Å². The highest BCUT2D eigenvalue weighted by atomic mass is 16.6. The Hall–Kier alpha value is -1.59. The van der Waals surface area contributed by atoms with Gasteiger partial charge in [0, 0.05) is 0 Å². The minimum absolute atomic E-state index is 0.139. The fourth-order valence-electron chi connectivity index (χ4n) is 2.97. The summed E-state index contributed by atoms with van der Waals surface area (Å²) < 4.78 is 11.4. The molecule has 0 aliphatic carbocycles. The second-order valence-corrected chi connectivity index (χ2v) is 7.39. The number of nitrogens with zero attached hydrogens (tertiary/aromatic N) is 1. The van der Waals surface area contributed by atoms with E-state index in [1.807, 2.05) is 65.0 Å². The number of amides is 1. The van der Waals surface area contributed by atoms with Gasteiger partial charge in [-0.05, 0) is 46.6 Å². The molecule has 0 aromatic heterocycles. The SMILES string of the molecule is CC(C)(C)OC(=O)N1C(Cc2ccccc2)C(CO)OC1(C)C. The van der Waals surface area contributed by atoms with Crippen LogP contribution in [-0.4, -0.2) is 46.2 Å². The first-order valence-corrected chi connectivity index (χ1v) is 7.99. The molecule has 23 heavy (non-hydrogen) atoms. The van der Waals surface area contributed by atoms with E-state index in [1.54, 1.807) is 4.90 Å². The van der Waals surface area contributed by atoms with Crippen molar-refractivity contribution in [2.24, 2.45) is 0 Å². The third-order valence-corrected chi connectivity index (χ3v) is 3.84. The zero-order valence-electron chi connectivity index (χ0n) is 14.6. The van der Waals surface area contributed by atoms with Crippen LogP contribution in [0, 0.1) is 0 Å². The third-order valence-electron chi connectivity index (χ3n) is 3.84. The highest BCUT2D eigenvalue weighted by Gasteiger charge is 2.50. The van der Waals surface area contributed by atoms with Crippen molar-refractivity contribution in [3.63, 3.8) is 0 Å². The topological polar surface area (TPSA) is 59.0 Å². The van der Waals surface area contributed by atoms with Gasteiger partial charge in [-0.2, -0.15) is 0 Å². The Balaban J connectivity index is 2.28.